The first-order valence-electron chi connectivity index (χ1n) is 11.0. The van der Waals surface area contributed by atoms with Gasteiger partial charge in [-0.25, -0.2) is 0 Å². The molecule has 1 aliphatic heterocycles. The van der Waals surface area contributed by atoms with Crippen LogP contribution in [0.1, 0.15) is 39.1 Å². The van der Waals surface area contributed by atoms with Crippen molar-refractivity contribution in [2.75, 3.05) is 25.6 Å². The first-order chi connectivity index (χ1) is 16.8. The molecule has 0 atom stereocenters. The molecule has 35 heavy (non-hydrogen) atoms. The molecule has 1 aliphatic rings. The van der Waals surface area contributed by atoms with Gasteiger partial charge in [0.05, 0.1) is 12.8 Å². The summed E-state index contributed by atoms with van der Waals surface area (Å²) in [6.07, 6.45) is 0.153. The Morgan fingerprint density at radius 3 is 2.31 bits per heavy atom. The van der Waals surface area contributed by atoms with E-state index in [1.165, 1.54) is 7.11 Å². The quantitative estimate of drug-likeness (QED) is 0.368. The van der Waals surface area contributed by atoms with Gasteiger partial charge in [0.1, 0.15) is 5.75 Å². The molecule has 0 saturated carbocycles. The second-order valence-electron chi connectivity index (χ2n) is 8.09. The monoisotopic (exact) mass is 494 g/mol. The molecule has 3 aromatic carbocycles. The van der Waals surface area contributed by atoms with Gasteiger partial charge in [0.15, 0.2) is 6.61 Å². The molecule has 8 nitrogen and oxygen atoms in total. The summed E-state index contributed by atoms with van der Waals surface area (Å²) < 4.78 is 10.3. The predicted octanol–water partition coefficient (Wildman–Crippen LogP) is 4.37. The van der Waals surface area contributed by atoms with Crippen LogP contribution in [0.3, 0.4) is 0 Å². The molecule has 3 aromatic rings. The van der Waals surface area contributed by atoms with Crippen LogP contribution in [0.25, 0.3) is 10.8 Å². The lowest BCUT2D eigenvalue weighted by Crippen LogP contribution is -2.41. The van der Waals surface area contributed by atoms with E-state index >= 15 is 0 Å². The first kappa shape index (κ1) is 24.2. The van der Waals surface area contributed by atoms with Crippen molar-refractivity contribution in [3.8, 4) is 5.75 Å². The second kappa shape index (κ2) is 10.1. The minimum Gasteiger partial charge on any atom is -0.495 e. The maximum absolute atomic E-state index is 12.9. The van der Waals surface area contributed by atoms with Crippen molar-refractivity contribution in [1.29, 1.82) is 0 Å². The molecule has 9 heteroatoms. The van der Waals surface area contributed by atoms with Crippen molar-refractivity contribution >= 4 is 51.8 Å². The van der Waals surface area contributed by atoms with Crippen molar-refractivity contribution in [3.63, 3.8) is 0 Å². The zero-order valence-electron chi connectivity index (χ0n) is 19.2. The number of hydrogen-bond donors (Lipinski definition) is 1. The Labute approximate surface area is 206 Å². The van der Waals surface area contributed by atoms with Gasteiger partial charge in [0.25, 0.3) is 17.7 Å². The smallest absolute Gasteiger partial charge is 0.306 e. The summed E-state index contributed by atoms with van der Waals surface area (Å²) in [7, 11) is 1.45. The van der Waals surface area contributed by atoms with Crippen LogP contribution in [-0.4, -0.2) is 48.9 Å². The number of halogens is 1. The van der Waals surface area contributed by atoms with E-state index in [-0.39, 0.29) is 31.2 Å². The molecular formula is C26H23ClN2O6. The highest BCUT2D eigenvalue weighted by Crippen LogP contribution is 2.31. The van der Waals surface area contributed by atoms with Gasteiger partial charge in [-0.2, -0.15) is 0 Å². The van der Waals surface area contributed by atoms with Gasteiger partial charge in [-0.1, -0.05) is 35.9 Å². The zero-order valence-corrected chi connectivity index (χ0v) is 20.0. The maximum Gasteiger partial charge on any atom is 0.306 e. The Morgan fingerprint density at radius 2 is 1.69 bits per heavy atom. The van der Waals surface area contributed by atoms with Gasteiger partial charge in [-0.15, -0.1) is 0 Å². The molecule has 0 aromatic heterocycles. The number of anilines is 1. The standard InChI is InChI=1S/C26H23ClN2O6/c1-15-12-20(21(34-2)13-19(15)27)28-22(30)14-35-23(31)10-5-11-29-25(32)17-8-3-6-16-7-4-9-18(24(16)17)26(29)33/h3-4,6-9,12-13H,5,10-11,14H2,1-2H3,(H,28,30). The average Bonchev–Trinajstić information content (AvgIpc) is 2.85. The predicted molar refractivity (Wildman–Crippen MR) is 131 cm³/mol. The van der Waals surface area contributed by atoms with Crippen molar-refractivity contribution in [1.82, 2.24) is 4.90 Å². The Morgan fingerprint density at radius 1 is 1.03 bits per heavy atom. The van der Waals surface area contributed by atoms with Gasteiger partial charge in [-0.3, -0.25) is 24.1 Å². The molecule has 0 radical (unpaired) electrons. The molecule has 1 N–H and O–H groups in total. The largest absolute Gasteiger partial charge is 0.495 e. The number of rotatable bonds is 8. The van der Waals surface area contributed by atoms with Crippen molar-refractivity contribution < 1.29 is 28.7 Å². The van der Waals surface area contributed by atoms with Crippen molar-refractivity contribution in [3.05, 3.63) is 70.2 Å². The molecule has 0 saturated heterocycles. The van der Waals surface area contributed by atoms with E-state index in [0.29, 0.717) is 33.0 Å². The molecule has 0 bridgehead atoms. The highest BCUT2D eigenvalue weighted by atomic mass is 35.5. The molecule has 3 amide bonds. The third-order valence-corrected chi connectivity index (χ3v) is 6.14. The van der Waals surface area contributed by atoms with E-state index in [9.17, 15) is 19.2 Å². The number of hydrogen-bond acceptors (Lipinski definition) is 6. The van der Waals surface area contributed by atoms with Crippen molar-refractivity contribution in [2.45, 2.75) is 19.8 Å². The van der Waals surface area contributed by atoms with Crippen molar-refractivity contribution in [2.24, 2.45) is 0 Å². The lowest BCUT2D eigenvalue weighted by Gasteiger charge is -2.27. The molecule has 0 spiro atoms. The van der Waals surface area contributed by atoms with Gasteiger partial charge < -0.3 is 14.8 Å². The van der Waals surface area contributed by atoms with Crippen LogP contribution >= 0.6 is 11.6 Å². The molecular weight excluding hydrogens is 472 g/mol. The Bertz CT molecular complexity index is 1300. The third kappa shape index (κ3) is 4.97. The van der Waals surface area contributed by atoms with Crippen LogP contribution in [0.5, 0.6) is 5.75 Å². The summed E-state index contributed by atoms with van der Waals surface area (Å²) >= 11 is 6.06. The minimum absolute atomic E-state index is 0.0560. The number of methoxy groups -OCH3 is 1. The van der Waals surface area contributed by atoms with E-state index in [1.54, 1.807) is 43.3 Å². The van der Waals surface area contributed by atoms with Crippen LogP contribution in [0.15, 0.2) is 48.5 Å². The van der Waals surface area contributed by atoms with Crippen LogP contribution in [0.2, 0.25) is 5.02 Å². The highest BCUT2D eigenvalue weighted by molar-refractivity contribution is 6.31. The molecule has 0 unspecified atom stereocenters. The van der Waals surface area contributed by atoms with Crippen LogP contribution in [0.4, 0.5) is 5.69 Å². The SMILES string of the molecule is COc1cc(Cl)c(C)cc1NC(=O)COC(=O)CCCN1C(=O)c2cccc3cccc(c23)C1=O. The van der Waals surface area contributed by atoms with Crippen LogP contribution in [0, 0.1) is 6.92 Å². The summed E-state index contributed by atoms with van der Waals surface area (Å²) in [6.45, 7) is 1.36. The summed E-state index contributed by atoms with van der Waals surface area (Å²) in [5.41, 5.74) is 2.09. The third-order valence-electron chi connectivity index (χ3n) is 5.74. The first-order valence-corrected chi connectivity index (χ1v) is 11.4. The number of benzene rings is 3. The van der Waals surface area contributed by atoms with Crippen LogP contribution < -0.4 is 10.1 Å². The lowest BCUT2D eigenvalue weighted by molar-refractivity contribution is -0.147. The maximum atomic E-state index is 12.9. The van der Waals surface area contributed by atoms with E-state index in [0.717, 1.165) is 15.8 Å². The van der Waals surface area contributed by atoms with Crippen LogP contribution in [-0.2, 0) is 14.3 Å². The van der Waals surface area contributed by atoms with Gasteiger partial charge in [0, 0.05) is 40.6 Å². The number of carbonyl (C=O) groups is 4. The number of nitrogens with zero attached hydrogens (tertiary/aromatic N) is 1. The Balaban J connectivity index is 1.29. The highest BCUT2D eigenvalue weighted by Gasteiger charge is 2.32. The van der Waals surface area contributed by atoms with Gasteiger partial charge in [-0.05, 0) is 42.5 Å². The fourth-order valence-electron chi connectivity index (χ4n) is 4.00. The van der Waals surface area contributed by atoms with E-state index < -0.39 is 18.5 Å². The Kier molecular flexibility index (Phi) is 7.02. The second-order valence-corrected chi connectivity index (χ2v) is 8.49. The summed E-state index contributed by atoms with van der Waals surface area (Å²) in [5.74, 6) is -1.55. The minimum atomic E-state index is -0.612. The fourth-order valence-corrected chi connectivity index (χ4v) is 4.15. The average molecular weight is 495 g/mol. The molecule has 180 valence electrons. The van der Waals surface area contributed by atoms with E-state index in [2.05, 4.69) is 5.32 Å². The number of aryl methyl sites for hydroxylation is 1. The number of carbonyl (C=O) groups excluding carboxylic acids is 4. The Hall–Kier alpha value is -3.91. The zero-order chi connectivity index (χ0) is 25.1. The normalized spacial score (nSPS) is 12.6. The van der Waals surface area contributed by atoms with Gasteiger partial charge in [0.2, 0.25) is 0 Å². The topological polar surface area (TPSA) is 102 Å². The summed E-state index contributed by atoms with van der Waals surface area (Å²) in [4.78, 5) is 51.3. The lowest BCUT2D eigenvalue weighted by atomic mass is 9.94. The summed E-state index contributed by atoms with van der Waals surface area (Å²) in [5, 5.41) is 4.60. The number of imide groups is 1. The molecule has 0 fully saturated rings. The van der Waals surface area contributed by atoms with E-state index in [4.69, 9.17) is 21.1 Å². The van der Waals surface area contributed by atoms with Gasteiger partial charge >= 0.3 is 5.97 Å². The molecule has 4 rings (SSSR count). The number of ether oxygens (including phenoxy) is 2. The van der Waals surface area contributed by atoms with E-state index in [1.807, 2.05) is 12.1 Å². The number of amides is 3. The fraction of sp³-hybridized carbons (Fsp3) is 0.231. The molecule has 1 heterocycles. The molecule has 0 aliphatic carbocycles. The number of nitrogens with one attached hydrogen (secondary N) is 1. The number of esters is 1. The summed E-state index contributed by atoms with van der Waals surface area (Å²) in [6, 6.07) is 13.9.